The summed E-state index contributed by atoms with van der Waals surface area (Å²) in [7, 11) is 0. The molecular formula is C16H28N2. The van der Waals surface area contributed by atoms with Crippen LogP contribution in [0.1, 0.15) is 40.5 Å². The molecule has 0 saturated carbocycles. The Morgan fingerprint density at radius 2 is 1.06 bits per heavy atom. The Morgan fingerprint density at radius 3 is 1.33 bits per heavy atom. The van der Waals surface area contributed by atoms with E-state index < -0.39 is 0 Å². The van der Waals surface area contributed by atoms with Gasteiger partial charge >= 0.3 is 0 Å². The van der Waals surface area contributed by atoms with Crippen LogP contribution in [0.25, 0.3) is 0 Å². The van der Waals surface area contributed by atoms with Crippen molar-refractivity contribution in [3.63, 3.8) is 0 Å². The Kier molecular flexibility index (Phi) is 6.63. The molecule has 2 heteroatoms. The minimum Gasteiger partial charge on any atom is -0.385 e. The van der Waals surface area contributed by atoms with E-state index in [0.717, 1.165) is 24.9 Å². The molecule has 0 spiro atoms. The number of hydrogen-bond acceptors (Lipinski definition) is 2. The van der Waals surface area contributed by atoms with E-state index in [1.54, 1.807) is 0 Å². The highest BCUT2D eigenvalue weighted by Gasteiger charge is 1.97. The van der Waals surface area contributed by atoms with Crippen LogP contribution in [0.15, 0.2) is 24.3 Å². The number of hydrogen-bond donors (Lipinski definition) is 2. The quantitative estimate of drug-likeness (QED) is 0.702. The Morgan fingerprint density at radius 1 is 0.722 bits per heavy atom. The number of nitrogens with one attached hydrogen (secondary N) is 2. The largest absolute Gasteiger partial charge is 0.385 e. The summed E-state index contributed by atoms with van der Waals surface area (Å²) in [6, 6.07) is 8.60. The third-order valence-corrected chi connectivity index (χ3v) is 2.99. The molecular weight excluding hydrogens is 220 g/mol. The molecule has 0 bridgehead atoms. The molecule has 0 radical (unpaired) electrons. The standard InChI is InChI=1S/C16H28N2/c1-13(2)9-11-17-15-5-7-16(8-6-15)18-12-10-14(3)4/h5-8,13-14,17-18H,9-12H2,1-4H3. The molecule has 0 aliphatic heterocycles. The van der Waals surface area contributed by atoms with E-state index in [4.69, 9.17) is 0 Å². The maximum atomic E-state index is 3.45. The molecule has 0 aliphatic carbocycles. The second kappa shape index (κ2) is 8.02. The molecule has 0 aliphatic rings. The molecule has 2 N–H and O–H groups in total. The van der Waals surface area contributed by atoms with Crippen LogP contribution in [0.3, 0.4) is 0 Å². The van der Waals surface area contributed by atoms with Crippen molar-refractivity contribution in [2.24, 2.45) is 11.8 Å². The normalized spacial score (nSPS) is 11.0. The maximum absolute atomic E-state index is 3.45. The molecule has 0 atom stereocenters. The summed E-state index contributed by atoms with van der Waals surface area (Å²) >= 11 is 0. The van der Waals surface area contributed by atoms with Crippen molar-refractivity contribution in [1.29, 1.82) is 0 Å². The van der Waals surface area contributed by atoms with Crippen molar-refractivity contribution in [2.45, 2.75) is 40.5 Å². The average molecular weight is 248 g/mol. The first-order chi connectivity index (χ1) is 8.58. The van der Waals surface area contributed by atoms with Gasteiger partial charge < -0.3 is 10.6 Å². The predicted octanol–water partition coefficient (Wildman–Crippen LogP) is 4.60. The predicted molar refractivity (Wildman–Crippen MR) is 82.3 cm³/mol. The number of anilines is 2. The minimum atomic E-state index is 0.759. The highest BCUT2D eigenvalue weighted by molar-refractivity contribution is 5.53. The van der Waals surface area contributed by atoms with Gasteiger partial charge in [0.05, 0.1) is 0 Å². The molecule has 18 heavy (non-hydrogen) atoms. The second-order valence-electron chi connectivity index (χ2n) is 5.80. The fourth-order valence-electron chi connectivity index (χ4n) is 1.72. The van der Waals surface area contributed by atoms with E-state index in [1.165, 1.54) is 24.2 Å². The molecule has 102 valence electrons. The van der Waals surface area contributed by atoms with Crippen molar-refractivity contribution in [3.8, 4) is 0 Å². The molecule has 1 aromatic carbocycles. The lowest BCUT2D eigenvalue weighted by atomic mass is 10.1. The van der Waals surface area contributed by atoms with Crippen LogP contribution in [0.4, 0.5) is 11.4 Å². The van der Waals surface area contributed by atoms with E-state index in [2.05, 4.69) is 62.6 Å². The van der Waals surface area contributed by atoms with Gasteiger partial charge in [-0.3, -0.25) is 0 Å². The highest BCUT2D eigenvalue weighted by Crippen LogP contribution is 2.14. The van der Waals surface area contributed by atoms with Gasteiger partial charge in [-0.1, -0.05) is 27.7 Å². The van der Waals surface area contributed by atoms with Gasteiger partial charge in [-0.2, -0.15) is 0 Å². The van der Waals surface area contributed by atoms with Crippen LogP contribution < -0.4 is 10.6 Å². The third-order valence-electron chi connectivity index (χ3n) is 2.99. The van der Waals surface area contributed by atoms with Crippen LogP contribution in [0, 0.1) is 11.8 Å². The van der Waals surface area contributed by atoms with Crippen molar-refractivity contribution >= 4 is 11.4 Å². The van der Waals surface area contributed by atoms with E-state index in [1.807, 2.05) is 0 Å². The Bertz CT molecular complexity index is 281. The fourth-order valence-corrected chi connectivity index (χ4v) is 1.72. The van der Waals surface area contributed by atoms with E-state index in [0.29, 0.717) is 0 Å². The number of benzene rings is 1. The average Bonchev–Trinajstić information content (AvgIpc) is 2.30. The molecule has 0 heterocycles. The Balaban J connectivity index is 2.28. The molecule has 0 aromatic heterocycles. The Labute approximate surface area is 112 Å². The summed E-state index contributed by atoms with van der Waals surface area (Å²) in [4.78, 5) is 0. The SMILES string of the molecule is CC(C)CCNc1ccc(NCCC(C)C)cc1. The minimum absolute atomic E-state index is 0.759. The fraction of sp³-hybridized carbons (Fsp3) is 0.625. The van der Waals surface area contributed by atoms with E-state index in [-0.39, 0.29) is 0 Å². The molecule has 2 nitrogen and oxygen atoms in total. The molecule has 0 amide bonds. The monoisotopic (exact) mass is 248 g/mol. The summed E-state index contributed by atoms with van der Waals surface area (Å²) in [6.45, 7) is 11.1. The van der Waals surface area contributed by atoms with E-state index >= 15 is 0 Å². The van der Waals surface area contributed by atoms with Crippen molar-refractivity contribution in [2.75, 3.05) is 23.7 Å². The zero-order chi connectivity index (χ0) is 13.4. The number of rotatable bonds is 8. The van der Waals surface area contributed by atoms with Gasteiger partial charge in [-0.15, -0.1) is 0 Å². The zero-order valence-electron chi connectivity index (χ0n) is 12.3. The van der Waals surface area contributed by atoms with Gasteiger partial charge in [0.15, 0.2) is 0 Å². The lowest BCUT2D eigenvalue weighted by molar-refractivity contribution is 0.607. The summed E-state index contributed by atoms with van der Waals surface area (Å²) in [6.07, 6.45) is 2.43. The lowest BCUT2D eigenvalue weighted by Gasteiger charge is -2.11. The summed E-state index contributed by atoms with van der Waals surface area (Å²) < 4.78 is 0. The molecule has 0 fully saturated rings. The summed E-state index contributed by atoms with van der Waals surface area (Å²) in [5.74, 6) is 1.52. The first-order valence-electron chi connectivity index (χ1n) is 7.15. The molecule has 0 unspecified atom stereocenters. The van der Waals surface area contributed by atoms with Gasteiger partial charge in [0.1, 0.15) is 0 Å². The first kappa shape index (κ1) is 14.9. The van der Waals surface area contributed by atoms with Gasteiger partial charge in [0, 0.05) is 24.5 Å². The van der Waals surface area contributed by atoms with Crippen molar-refractivity contribution < 1.29 is 0 Å². The van der Waals surface area contributed by atoms with Gasteiger partial charge in [-0.25, -0.2) is 0 Å². The third kappa shape index (κ3) is 6.53. The van der Waals surface area contributed by atoms with Crippen molar-refractivity contribution in [1.82, 2.24) is 0 Å². The second-order valence-corrected chi connectivity index (χ2v) is 5.80. The summed E-state index contributed by atoms with van der Waals surface area (Å²) in [5.41, 5.74) is 2.43. The molecule has 1 aromatic rings. The van der Waals surface area contributed by atoms with Crippen LogP contribution in [0.2, 0.25) is 0 Å². The zero-order valence-corrected chi connectivity index (χ0v) is 12.3. The van der Waals surface area contributed by atoms with Crippen LogP contribution in [-0.2, 0) is 0 Å². The highest BCUT2D eigenvalue weighted by atomic mass is 14.9. The maximum Gasteiger partial charge on any atom is 0.0341 e. The Hall–Kier alpha value is -1.18. The van der Waals surface area contributed by atoms with Crippen LogP contribution >= 0.6 is 0 Å². The lowest BCUT2D eigenvalue weighted by Crippen LogP contribution is -2.06. The first-order valence-corrected chi connectivity index (χ1v) is 7.15. The van der Waals surface area contributed by atoms with Crippen LogP contribution in [-0.4, -0.2) is 13.1 Å². The summed E-state index contributed by atoms with van der Waals surface area (Å²) in [5, 5.41) is 6.90. The molecule has 1 rings (SSSR count). The topological polar surface area (TPSA) is 24.1 Å². The smallest absolute Gasteiger partial charge is 0.0341 e. The van der Waals surface area contributed by atoms with Gasteiger partial charge in [0.2, 0.25) is 0 Å². The van der Waals surface area contributed by atoms with Gasteiger partial charge in [-0.05, 0) is 48.9 Å². The molecule has 0 saturated heterocycles. The van der Waals surface area contributed by atoms with E-state index in [9.17, 15) is 0 Å². The van der Waals surface area contributed by atoms with Gasteiger partial charge in [0.25, 0.3) is 0 Å². The van der Waals surface area contributed by atoms with Crippen LogP contribution in [0.5, 0.6) is 0 Å². The van der Waals surface area contributed by atoms with Crippen molar-refractivity contribution in [3.05, 3.63) is 24.3 Å².